The van der Waals surface area contributed by atoms with Crippen molar-refractivity contribution in [2.24, 2.45) is 5.73 Å². The highest BCUT2D eigenvalue weighted by Gasteiger charge is 2.19. The Morgan fingerprint density at radius 3 is 3.00 bits per heavy atom. The molecule has 0 aliphatic carbocycles. The van der Waals surface area contributed by atoms with Crippen LogP contribution in [0.25, 0.3) is 0 Å². The van der Waals surface area contributed by atoms with Crippen molar-refractivity contribution < 1.29 is 9.13 Å². The second-order valence-corrected chi connectivity index (χ2v) is 3.37. The van der Waals surface area contributed by atoms with Gasteiger partial charge in [-0.05, 0) is 19.1 Å². The monoisotopic (exact) mass is 181 g/mol. The van der Waals surface area contributed by atoms with E-state index in [0.717, 1.165) is 23.3 Å². The van der Waals surface area contributed by atoms with E-state index in [1.807, 2.05) is 6.92 Å². The van der Waals surface area contributed by atoms with Crippen LogP contribution in [0.3, 0.4) is 0 Å². The first-order valence-corrected chi connectivity index (χ1v) is 4.39. The Labute approximate surface area is 76.5 Å². The highest BCUT2D eigenvalue weighted by atomic mass is 19.1. The van der Waals surface area contributed by atoms with Crippen LogP contribution in [0.15, 0.2) is 12.1 Å². The number of ether oxygens (including phenoxy) is 1. The zero-order chi connectivity index (χ0) is 9.42. The average molecular weight is 181 g/mol. The van der Waals surface area contributed by atoms with Crippen molar-refractivity contribution in [1.82, 2.24) is 0 Å². The molecule has 2 N–H and O–H groups in total. The predicted octanol–water partition coefficient (Wildman–Crippen LogP) is 1.78. The van der Waals surface area contributed by atoms with Gasteiger partial charge in [-0.25, -0.2) is 4.39 Å². The molecule has 1 atom stereocenters. The van der Waals surface area contributed by atoms with Gasteiger partial charge in [-0.15, -0.1) is 0 Å². The van der Waals surface area contributed by atoms with Crippen LogP contribution in [0.2, 0.25) is 0 Å². The molecule has 2 nitrogen and oxygen atoms in total. The molecule has 3 heteroatoms. The Morgan fingerprint density at radius 2 is 2.31 bits per heavy atom. The lowest BCUT2D eigenvalue weighted by atomic mass is 10.0. The topological polar surface area (TPSA) is 35.2 Å². The Kier molecular flexibility index (Phi) is 1.96. The summed E-state index contributed by atoms with van der Waals surface area (Å²) in [5, 5.41) is 0. The Balaban J connectivity index is 2.55. The van der Waals surface area contributed by atoms with E-state index in [9.17, 15) is 4.39 Å². The van der Waals surface area contributed by atoms with Gasteiger partial charge < -0.3 is 10.5 Å². The third-order valence-corrected chi connectivity index (χ3v) is 2.27. The van der Waals surface area contributed by atoms with Crippen LogP contribution >= 0.6 is 0 Å². The summed E-state index contributed by atoms with van der Waals surface area (Å²) in [7, 11) is 0. The molecule has 1 aliphatic rings. The van der Waals surface area contributed by atoms with Crippen LogP contribution in [0.4, 0.5) is 4.39 Å². The number of hydrogen-bond donors (Lipinski definition) is 1. The van der Waals surface area contributed by atoms with Gasteiger partial charge in [-0.3, -0.25) is 0 Å². The highest BCUT2D eigenvalue weighted by molar-refractivity contribution is 5.45. The van der Waals surface area contributed by atoms with Crippen molar-refractivity contribution in [3.63, 3.8) is 0 Å². The van der Waals surface area contributed by atoms with Crippen molar-refractivity contribution >= 4 is 0 Å². The Morgan fingerprint density at radius 1 is 1.54 bits per heavy atom. The SMILES string of the molecule is C[C@@H](N)c1cc(F)cc2c1OCC2. The second kappa shape index (κ2) is 3.00. The van der Waals surface area contributed by atoms with Crippen LogP contribution in [0.5, 0.6) is 5.75 Å². The maximum atomic E-state index is 13.1. The number of nitrogens with two attached hydrogens (primary N) is 1. The van der Waals surface area contributed by atoms with Crippen molar-refractivity contribution in [2.75, 3.05) is 6.61 Å². The van der Waals surface area contributed by atoms with Gasteiger partial charge in [0.2, 0.25) is 0 Å². The van der Waals surface area contributed by atoms with E-state index >= 15 is 0 Å². The molecule has 0 fully saturated rings. The number of benzene rings is 1. The standard InChI is InChI=1S/C10H12FNO/c1-6(12)9-5-8(11)4-7-2-3-13-10(7)9/h4-6H,2-3,12H2,1H3/t6-/m1/s1. The lowest BCUT2D eigenvalue weighted by Crippen LogP contribution is -2.07. The van der Waals surface area contributed by atoms with Gasteiger partial charge in [0.15, 0.2) is 0 Å². The molecule has 0 amide bonds. The van der Waals surface area contributed by atoms with E-state index in [1.54, 1.807) is 0 Å². The van der Waals surface area contributed by atoms with E-state index in [-0.39, 0.29) is 11.9 Å². The fourth-order valence-corrected chi connectivity index (χ4v) is 1.64. The number of hydrogen-bond acceptors (Lipinski definition) is 2. The molecule has 0 unspecified atom stereocenters. The van der Waals surface area contributed by atoms with Crippen molar-refractivity contribution in [1.29, 1.82) is 0 Å². The summed E-state index contributed by atoms with van der Waals surface area (Å²) >= 11 is 0. The summed E-state index contributed by atoms with van der Waals surface area (Å²) in [5.41, 5.74) is 7.42. The van der Waals surface area contributed by atoms with Crippen LogP contribution in [0, 0.1) is 5.82 Å². The van der Waals surface area contributed by atoms with Crippen LogP contribution in [0.1, 0.15) is 24.1 Å². The maximum Gasteiger partial charge on any atom is 0.127 e. The average Bonchev–Trinajstić information content (AvgIpc) is 2.49. The fraction of sp³-hybridized carbons (Fsp3) is 0.400. The minimum Gasteiger partial charge on any atom is -0.493 e. The van der Waals surface area contributed by atoms with E-state index in [0.29, 0.717) is 6.61 Å². The van der Waals surface area contributed by atoms with Crippen LogP contribution in [-0.2, 0) is 6.42 Å². The van der Waals surface area contributed by atoms with Crippen LogP contribution < -0.4 is 10.5 Å². The third-order valence-electron chi connectivity index (χ3n) is 2.27. The molecule has 0 spiro atoms. The number of fused-ring (bicyclic) bond motifs is 1. The molecular formula is C10H12FNO. The third kappa shape index (κ3) is 1.40. The Bertz CT molecular complexity index is 336. The molecule has 0 radical (unpaired) electrons. The molecule has 0 saturated heterocycles. The lowest BCUT2D eigenvalue weighted by Gasteiger charge is -2.11. The molecule has 2 rings (SSSR count). The lowest BCUT2D eigenvalue weighted by molar-refractivity contribution is 0.351. The summed E-state index contributed by atoms with van der Waals surface area (Å²) in [5.74, 6) is 0.563. The summed E-state index contributed by atoms with van der Waals surface area (Å²) in [6.07, 6.45) is 0.785. The van der Waals surface area contributed by atoms with Gasteiger partial charge in [0.05, 0.1) is 6.61 Å². The molecule has 1 aromatic rings. The largest absolute Gasteiger partial charge is 0.493 e. The molecule has 13 heavy (non-hydrogen) atoms. The summed E-state index contributed by atoms with van der Waals surface area (Å²) in [6.45, 7) is 2.47. The normalized spacial score (nSPS) is 16.5. The number of halogens is 1. The van der Waals surface area contributed by atoms with Crippen LogP contribution in [-0.4, -0.2) is 6.61 Å². The van der Waals surface area contributed by atoms with Gasteiger partial charge in [0, 0.05) is 23.6 Å². The Hall–Kier alpha value is -1.09. The summed E-state index contributed by atoms with van der Waals surface area (Å²) in [4.78, 5) is 0. The quantitative estimate of drug-likeness (QED) is 0.716. The zero-order valence-electron chi connectivity index (χ0n) is 7.51. The van der Waals surface area contributed by atoms with Gasteiger partial charge in [0.1, 0.15) is 11.6 Å². The van der Waals surface area contributed by atoms with Gasteiger partial charge in [-0.2, -0.15) is 0 Å². The molecule has 0 aromatic heterocycles. The zero-order valence-corrected chi connectivity index (χ0v) is 7.51. The fourth-order valence-electron chi connectivity index (χ4n) is 1.64. The van der Waals surface area contributed by atoms with Gasteiger partial charge >= 0.3 is 0 Å². The van der Waals surface area contributed by atoms with E-state index < -0.39 is 0 Å². The van der Waals surface area contributed by atoms with E-state index in [2.05, 4.69) is 0 Å². The van der Waals surface area contributed by atoms with Crippen molar-refractivity contribution in [3.05, 3.63) is 29.1 Å². The molecule has 1 aliphatic heterocycles. The van der Waals surface area contributed by atoms with Crippen molar-refractivity contribution in [2.45, 2.75) is 19.4 Å². The first-order chi connectivity index (χ1) is 6.18. The molecular weight excluding hydrogens is 169 g/mol. The molecule has 1 aromatic carbocycles. The molecule has 1 heterocycles. The highest BCUT2D eigenvalue weighted by Crippen LogP contribution is 2.33. The first kappa shape index (κ1) is 8.51. The van der Waals surface area contributed by atoms with E-state index in [1.165, 1.54) is 12.1 Å². The maximum absolute atomic E-state index is 13.1. The van der Waals surface area contributed by atoms with Gasteiger partial charge in [0.25, 0.3) is 0 Å². The molecule has 0 bridgehead atoms. The smallest absolute Gasteiger partial charge is 0.127 e. The minimum absolute atomic E-state index is 0.178. The van der Waals surface area contributed by atoms with Gasteiger partial charge in [-0.1, -0.05) is 0 Å². The first-order valence-electron chi connectivity index (χ1n) is 4.39. The molecule has 0 saturated carbocycles. The number of rotatable bonds is 1. The van der Waals surface area contributed by atoms with Crippen molar-refractivity contribution in [3.8, 4) is 5.75 Å². The summed E-state index contributed by atoms with van der Waals surface area (Å²) < 4.78 is 18.5. The van der Waals surface area contributed by atoms with E-state index in [4.69, 9.17) is 10.5 Å². The minimum atomic E-state index is -0.225. The summed E-state index contributed by atoms with van der Waals surface area (Å²) in [6, 6.07) is 2.80. The molecule has 70 valence electrons. The second-order valence-electron chi connectivity index (χ2n) is 3.37. The predicted molar refractivity (Wildman–Crippen MR) is 48.2 cm³/mol.